The lowest BCUT2D eigenvalue weighted by Gasteiger charge is -2.18. The number of phenols is 2. The number of methoxy groups -OCH3 is 2. The summed E-state index contributed by atoms with van der Waals surface area (Å²) in [6.07, 6.45) is 0. The Morgan fingerprint density at radius 1 is 0.758 bits per heavy atom. The van der Waals surface area contributed by atoms with E-state index in [1.54, 1.807) is 30.3 Å². The van der Waals surface area contributed by atoms with Crippen molar-refractivity contribution < 1.29 is 28.8 Å². The highest BCUT2D eigenvalue weighted by Crippen LogP contribution is 2.50. The van der Waals surface area contributed by atoms with Crippen molar-refractivity contribution in [3.8, 4) is 51.0 Å². The van der Waals surface area contributed by atoms with Gasteiger partial charge in [0.15, 0.2) is 23.0 Å². The van der Waals surface area contributed by atoms with Gasteiger partial charge in [-0.3, -0.25) is 0 Å². The molecule has 0 atom stereocenters. The number of hydrogen-bond donors (Lipinski definition) is 2. The largest absolute Gasteiger partial charge is 0.504 e. The molecule has 0 heterocycles. The highest BCUT2D eigenvalue weighted by atomic mass is 19.1. The molecule has 0 fully saturated rings. The molecule has 4 aromatic carbocycles. The van der Waals surface area contributed by atoms with Crippen LogP contribution in [-0.2, 0) is 6.61 Å². The van der Waals surface area contributed by atoms with Gasteiger partial charge in [0, 0.05) is 5.56 Å². The highest BCUT2D eigenvalue weighted by molar-refractivity contribution is 5.87. The van der Waals surface area contributed by atoms with Gasteiger partial charge in [0.2, 0.25) is 0 Å². The lowest BCUT2D eigenvalue weighted by molar-refractivity contribution is 0.289. The first-order chi connectivity index (χ1) is 16.0. The molecular weight excluding hydrogens is 423 g/mol. The van der Waals surface area contributed by atoms with Crippen LogP contribution >= 0.6 is 0 Å². The third-order valence-electron chi connectivity index (χ3n) is 5.28. The predicted octanol–water partition coefficient (Wildman–Crippen LogP) is 6.17. The smallest absolute Gasteiger partial charge is 0.170 e. The Hall–Kier alpha value is -4.19. The molecule has 0 radical (unpaired) electrons. The summed E-state index contributed by atoms with van der Waals surface area (Å²) in [5.41, 5.74) is 3.04. The molecule has 33 heavy (non-hydrogen) atoms. The van der Waals surface area contributed by atoms with Crippen molar-refractivity contribution >= 4 is 0 Å². The van der Waals surface area contributed by atoms with E-state index in [0.717, 1.165) is 5.56 Å². The molecule has 0 aliphatic carbocycles. The molecule has 5 nitrogen and oxygen atoms in total. The monoisotopic (exact) mass is 446 g/mol. The molecule has 2 N–H and O–H groups in total. The zero-order chi connectivity index (χ0) is 23.4. The Balaban J connectivity index is 1.71. The number of hydrogen-bond acceptors (Lipinski definition) is 5. The van der Waals surface area contributed by atoms with Crippen molar-refractivity contribution in [3.05, 3.63) is 90.2 Å². The molecule has 168 valence electrons. The van der Waals surface area contributed by atoms with Crippen molar-refractivity contribution in [2.24, 2.45) is 0 Å². The molecule has 0 aromatic heterocycles. The van der Waals surface area contributed by atoms with Crippen LogP contribution in [0.3, 0.4) is 0 Å². The van der Waals surface area contributed by atoms with Crippen LogP contribution in [0.4, 0.5) is 4.39 Å². The van der Waals surface area contributed by atoms with E-state index in [0.29, 0.717) is 40.4 Å². The van der Waals surface area contributed by atoms with Gasteiger partial charge in [0.25, 0.3) is 0 Å². The first kappa shape index (κ1) is 22.0. The van der Waals surface area contributed by atoms with Gasteiger partial charge < -0.3 is 24.4 Å². The van der Waals surface area contributed by atoms with Crippen LogP contribution in [0.1, 0.15) is 5.56 Å². The molecule has 4 aromatic rings. The number of aromatic hydroxyl groups is 2. The van der Waals surface area contributed by atoms with Crippen LogP contribution in [0.5, 0.6) is 28.7 Å². The van der Waals surface area contributed by atoms with Crippen LogP contribution in [0.15, 0.2) is 78.9 Å². The molecule has 4 rings (SSSR count). The molecule has 0 bridgehead atoms. The van der Waals surface area contributed by atoms with Crippen LogP contribution in [-0.4, -0.2) is 24.4 Å². The van der Waals surface area contributed by atoms with Crippen LogP contribution in [0.25, 0.3) is 22.3 Å². The van der Waals surface area contributed by atoms with Gasteiger partial charge in [-0.15, -0.1) is 0 Å². The fraction of sp³-hybridized carbons (Fsp3) is 0.111. The van der Waals surface area contributed by atoms with E-state index in [1.165, 1.54) is 32.4 Å². The third kappa shape index (κ3) is 4.55. The number of halogens is 1. The minimum absolute atomic E-state index is 0.0495. The normalized spacial score (nSPS) is 10.6. The third-order valence-corrected chi connectivity index (χ3v) is 5.28. The molecule has 0 amide bonds. The van der Waals surface area contributed by atoms with E-state index in [2.05, 4.69) is 0 Å². The molecule has 6 heteroatoms. The average molecular weight is 446 g/mol. The van der Waals surface area contributed by atoms with E-state index in [9.17, 15) is 14.6 Å². The summed E-state index contributed by atoms with van der Waals surface area (Å²) in [5.74, 6) is 0.326. The minimum Gasteiger partial charge on any atom is -0.504 e. The fourth-order valence-corrected chi connectivity index (χ4v) is 3.65. The van der Waals surface area contributed by atoms with E-state index >= 15 is 0 Å². The maximum atomic E-state index is 13.4. The fourth-order valence-electron chi connectivity index (χ4n) is 3.65. The summed E-state index contributed by atoms with van der Waals surface area (Å²) in [6.45, 7) is 0.318. The van der Waals surface area contributed by atoms with E-state index in [4.69, 9.17) is 14.2 Å². The van der Waals surface area contributed by atoms with E-state index in [1.807, 2.05) is 30.3 Å². The average Bonchev–Trinajstić information content (AvgIpc) is 2.84. The molecule has 0 aliphatic rings. The maximum absolute atomic E-state index is 13.4. The summed E-state index contributed by atoms with van der Waals surface area (Å²) in [6, 6.07) is 22.0. The zero-order valence-corrected chi connectivity index (χ0v) is 18.2. The highest BCUT2D eigenvalue weighted by Gasteiger charge is 2.22. The Kier molecular flexibility index (Phi) is 6.36. The van der Waals surface area contributed by atoms with Gasteiger partial charge in [-0.05, 0) is 47.0 Å². The summed E-state index contributed by atoms with van der Waals surface area (Å²) < 4.78 is 30.1. The van der Waals surface area contributed by atoms with Crippen molar-refractivity contribution in [2.75, 3.05) is 14.2 Å². The lowest BCUT2D eigenvalue weighted by Crippen LogP contribution is -1.97. The number of rotatable bonds is 7. The topological polar surface area (TPSA) is 68.2 Å². The number of ether oxygens (including phenoxy) is 3. The van der Waals surface area contributed by atoms with Crippen molar-refractivity contribution in [2.45, 2.75) is 6.61 Å². The molecule has 0 saturated carbocycles. The minimum atomic E-state index is -0.383. The van der Waals surface area contributed by atoms with Gasteiger partial charge in [-0.1, -0.05) is 48.5 Å². The first-order valence-electron chi connectivity index (χ1n) is 10.3. The second-order valence-electron chi connectivity index (χ2n) is 7.35. The SMILES string of the molecule is COc1cc(-c2ccc(OCc3ccccc3)c(O)c2)c(OC)c(O)c1-c1ccc(F)cc1. The van der Waals surface area contributed by atoms with Crippen LogP contribution in [0.2, 0.25) is 0 Å². The Morgan fingerprint density at radius 2 is 1.45 bits per heavy atom. The van der Waals surface area contributed by atoms with Crippen LogP contribution < -0.4 is 14.2 Å². The molecular formula is C27H23FO5. The van der Waals surface area contributed by atoms with Gasteiger partial charge in [-0.2, -0.15) is 0 Å². The maximum Gasteiger partial charge on any atom is 0.170 e. The second kappa shape index (κ2) is 9.53. The lowest BCUT2D eigenvalue weighted by atomic mass is 9.96. The standard InChI is InChI=1S/C27H23FO5/c1-31-24-15-21(27(32-2)26(30)25(24)18-8-11-20(28)12-9-18)19-10-13-23(22(29)14-19)33-16-17-6-4-3-5-7-17/h3-15,29-30H,16H2,1-2H3. The van der Waals surface area contributed by atoms with E-state index in [-0.39, 0.29) is 23.1 Å². The van der Waals surface area contributed by atoms with Gasteiger partial charge in [0.1, 0.15) is 18.2 Å². The summed E-state index contributed by atoms with van der Waals surface area (Å²) in [5, 5.41) is 21.6. The molecule has 0 spiro atoms. The van der Waals surface area contributed by atoms with Crippen molar-refractivity contribution in [3.63, 3.8) is 0 Å². The van der Waals surface area contributed by atoms with Crippen molar-refractivity contribution in [1.29, 1.82) is 0 Å². The predicted molar refractivity (Wildman–Crippen MR) is 124 cm³/mol. The summed E-state index contributed by atoms with van der Waals surface area (Å²) >= 11 is 0. The van der Waals surface area contributed by atoms with Crippen LogP contribution in [0, 0.1) is 5.82 Å². The Labute approximate surface area is 191 Å². The van der Waals surface area contributed by atoms with Gasteiger partial charge >= 0.3 is 0 Å². The Bertz CT molecular complexity index is 1250. The van der Waals surface area contributed by atoms with Gasteiger partial charge in [0.05, 0.1) is 19.8 Å². The number of phenolic OH excluding ortho intramolecular Hbond substituents is 2. The zero-order valence-electron chi connectivity index (χ0n) is 18.2. The molecule has 0 saturated heterocycles. The Morgan fingerprint density at radius 3 is 2.09 bits per heavy atom. The summed E-state index contributed by atoms with van der Waals surface area (Å²) in [7, 11) is 2.92. The second-order valence-corrected chi connectivity index (χ2v) is 7.35. The quantitative estimate of drug-likeness (QED) is 0.355. The summed E-state index contributed by atoms with van der Waals surface area (Å²) in [4.78, 5) is 0. The molecule has 0 aliphatic heterocycles. The molecule has 0 unspecified atom stereocenters. The van der Waals surface area contributed by atoms with E-state index < -0.39 is 0 Å². The first-order valence-corrected chi connectivity index (χ1v) is 10.3. The van der Waals surface area contributed by atoms with Crippen molar-refractivity contribution in [1.82, 2.24) is 0 Å². The number of benzene rings is 4. The van der Waals surface area contributed by atoms with Gasteiger partial charge in [-0.25, -0.2) is 4.39 Å².